The second kappa shape index (κ2) is 7.09. The molecule has 0 saturated carbocycles. The molecular formula is C13H15F2NO5. The first-order valence-electron chi connectivity index (χ1n) is 6.00. The monoisotopic (exact) mass is 303 g/mol. The Morgan fingerprint density at radius 3 is 2.33 bits per heavy atom. The Bertz CT molecular complexity index is 517. The van der Waals surface area contributed by atoms with Gasteiger partial charge in [0.05, 0.1) is 0 Å². The van der Waals surface area contributed by atoms with Crippen LogP contribution in [0.1, 0.15) is 12.0 Å². The van der Waals surface area contributed by atoms with Gasteiger partial charge in [0, 0.05) is 19.2 Å². The number of carboxylic acids is 2. The van der Waals surface area contributed by atoms with E-state index in [1.807, 2.05) is 0 Å². The van der Waals surface area contributed by atoms with Gasteiger partial charge in [0.25, 0.3) is 0 Å². The van der Waals surface area contributed by atoms with Crippen molar-refractivity contribution >= 4 is 11.9 Å². The molecule has 1 heterocycles. The smallest absolute Gasteiger partial charge is 0.414 e. The van der Waals surface area contributed by atoms with Gasteiger partial charge in [-0.1, -0.05) is 12.1 Å². The van der Waals surface area contributed by atoms with Crippen molar-refractivity contribution < 1.29 is 33.3 Å². The van der Waals surface area contributed by atoms with E-state index in [1.54, 1.807) is 6.07 Å². The highest BCUT2D eigenvalue weighted by Crippen LogP contribution is 2.33. The summed E-state index contributed by atoms with van der Waals surface area (Å²) in [5.74, 6) is -5.27. The zero-order valence-corrected chi connectivity index (χ0v) is 11.2. The highest BCUT2D eigenvalue weighted by atomic mass is 19.2. The summed E-state index contributed by atoms with van der Waals surface area (Å²) in [5.41, 5.74) is -0.415. The van der Waals surface area contributed by atoms with E-state index in [1.165, 1.54) is 13.2 Å². The van der Waals surface area contributed by atoms with E-state index in [-0.39, 0.29) is 0 Å². The molecule has 0 radical (unpaired) electrons. The van der Waals surface area contributed by atoms with Gasteiger partial charge < -0.3 is 20.3 Å². The van der Waals surface area contributed by atoms with Crippen LogP contribution >= 0.6 is 0 Å². The third-order valence-corrected chi connectivity index (χ3v) is 3.13. The molecule has 1 aromatic rings. The molecule has 3 N–H and O–H groups in total. The molecule has 2 rings (SSSR count). The fourth-order valence-corrected chi connectivity index (χ4v) is 2.04. The number of hydrogen-bond donors (Lipinski definition) is 3. The first-order chi connectivity index (χ1) is 9.84. The Morgan fingerprint density at radius 2 is 1.90 bits per heavy atom. The van der Waals surface area contributed by atoms with Gasteiger partial charge in [0.1, 0.15) is 5.60 Å². The summed E-state index contributed by atoms with van der Waals surface area (Å²) in [6, 6.07) is 4.20. The maximum Gasteiger partial charge on any atom is 0.414 e. The minimum atomic E-state index is -1.82. The first-order valence-corrected chi connectivity index (χ1v) is 6.00. The van der Waals surface area contributed by atoms with Gasteiger partial charge in [-0.3, -0.25) is 0 Å². The minimum Gasteiger partial charge on any atom is -0.473 e. The molecule has 0 aliphatic carbocycles. The SMILES string of the molecule is COC1(c2cccc(F)c2F)CCNC1.O=C(O)C(=O)O. The summed E-state index contributed by atoms with van der Waals surface area (Å²) in [4.78, 5) is 18.2. The molecule has 21 heavy (non-hydrogen) atoms. The molecule has 0 amide bonds. The van der Waals surface area contributed by atoms with E-state index in [4.69, 9.17) is 24.5 Å². The predicted molar refractivity (Wildman–Crippen MR) is 67.8 cm³/mol. The van der Waals surface area contributed by atoms with Crippen LogP contribution in [0.5, 0.6) is 0 Å². The third-order valence-electron chi connectivity index (χ3n) is 3.13. The number of methoxy groups -OCH3 is 1. The van der Waals surface area contributed by atoms with Gasteiger partial charge >= 0.3 is 11.9 Å². The molecule has 0 aromatic heterocycles. The van der Waals surface area contributed by atoms with Crippen molar-refractivity contribution in [2.45, 2.75) is 12.0 Å². The maximum atomic E-state index is 13.6. The molecule has 1 atom stereocenters. The Balaban J connectivity index is 0.000000315. The fourth-order valence-electron chi connectivity index (χ4n) is 2.04. The van der Waals surface area contributed by atoms with Crippen molar-refractivity contribution in [1.82, 2.24) is 5.32 Å². The van der Waals surface area contributed by atoms with Crippen molar-refractivity contribution in [3.05, 3.63) is 35.4 Å². The summed E-state index contributed by atoms with van der Waals surface area (Å²) in [6.45, 7) is 1.27. The highest BCUT2D eigenvalue weighted by Gasteiger charge is 2.38. The Hall–Kier alpha value is -2.06. The van der Waals surface area contributed by atoms with Crippen LogP contribution in [0, 0.1) is 11.6 Å². The Kier molecular flexibility index (Phi) is 5.74. The summed E-state index contributed by atoms with van der Waals surface area (Å²) in [5, 5.41) is 17.9. The average molecular weight is 303 g/mol. The zero-order valence-electron chi connectivity index (χ0n) is 11.2. The lowest BCUT2D eigenvalue weighted by molar-refractivity contribution is -0.159. The first kappa shape index (κ1) is 17.0. The summed E-state index contributed by atoms with van der Waals surface area (Å²) >= 11 is 0. The van der Waals surface area contributed by atoms with Crippen molar-refractivity contribution in [2.24, 2.45) is 0 Å². The predicted octanol–water partition coefficient (Wildman–Crippen LogP) is 0.955. The number of aliphatic carboxylic acids is 2. The van der Waals surface area contributed by atoms with Crippen molar-refractivity contribution in [3.63, 3.8) is 0 Å². The minimum absolute atomic E-state index is 0.301. The second-order valence-electron chi connectivity index (χ2n) is 4.34. The van der Waals surface area contributed by atoms with Crippen LogP contribution in [-0.2, 0) is 19.9 Å². The molecule has 1 saturated heterocycles. The maximum absolute atomic E-state index is 13.6. The van der Waals surface area contributed by atoms with E-state index in [0.717, 1.165) is 12.6 Å². The van der Waals surface area contributed by atoms with Crippen molar-refractivity contribution in [1.29, 1.82) is 0 Å². The Morgan fingerprint density at radius 1 is 1.29 bits per heavy atom. The van der Waals surface area contributed by atoms with E-state index in [2.05, 4.69) is 5.32 Å². The molecule has 116 valence electrons. The molecule has 1 fully saturated rings. The largest absolute Gasteiger partial charge is 0.473 e. The molecule has 0 bridgehead atoms. The number of halogens is 2. The third kappa shape index (κ3) is 3.96. The van der Waals surface area contributed by atoms with Crippen LogP contribution in [0.3, 0.4) is 0 Å². The quantitative estimate of drug-likeness (QED) is 0.704. The van der Waals surface area contributed by atoms with E-state index < -0.39 is 29.2 Å². The lowest BCUT2D eigenvalue weighted by Gasteiger charge is -2.27. The van der Waals surface area contributed by atoms with Crippen LogP contribution in [-0.4, -0.2) is 42.4 Å². The van der Waals surface area contributed by atoms with Crippen LogP contribution in [0.25, 0.3) is 0 Å². The number of rotatable bonds is 2. The van der Waals surface area contributed by atoms with Gasteiger partial charge in [-0.2, -0.15) is 0 Å². The van der Waals surface area contributed by atoms with Gasteiger partial charge in [0.2, 0.25) is 0 Å². The van der Waals surface area contributed by atoms with Gasteiger partial charge in [-0.25, -0.2) is 18.4 Å². The number of hydrogen-bond acceptors (Lipinski definition) is 4. The number of carboxylic acid groups (broad SMARTS) is 2. The summed E-state index contributed by atoms with van der Waals surface area (Å²) in [6.07, 6.45) is 0.657. The second-order valence-corrected chi connectivity index (χ2v) is 4.34. The van der Waals surface area contributed by atoms with E-state index in [0.29, 0.717) is 18.5 Å². The van der Waals surface area contributed by atoms with Gasteiger partial charge in [-0.05, 0) is 19.0 Å². The number of nitrogens with one attached hydrogen (secondary N) is 1. The number of ether oxygens (including phenoxy) is 1. The number of carbonyl (C=O) groups is 2. The Labute approximate surface area is 119 Å². The standard InChI is InChI=1S/C11H13F2NO.C2H2O4/c1-15-11(5-6-14-7-11)8-3-2-4-9(12)10(8)13;3-1(4)2(5)6/h2-4,14H,5-7H2,1H3;(H,3,4)(H,5,6). The molecule has 0 spiro atoms. The van der Waals surface area contributed by atoms with Crippen molar-refractivity contribution in [2.75, 3.05) is 20.2 Å². The zero-order chi connectivity index (χ0) is 16.0. The van der Waals surface area contributed by atoms with E-state index >= 15 is 0 Å². The van der Waals surface area contributed by atoms with E-state index in [9.17, 15) is 8.78 Å². The fraction of sp³-hybridized carbons (Fsp3) is 0.385. The summed E-state index contributed by atoms with van der Waals surface area (Å²) in [7, 11) is 1.53. The summed E-state index contributed by atoms with van der Waals surface area (Å²) < 4.78 is 32.0. The normalized spacial score (nSPS) is 20.5. The molecule has 1 unspecified atom stereocenters. The number of benzene rings is 1. The topological polar surface area (TPSA) is 95.9 Å². The molecule has 6 nitrogen and oxygen atoms in total. The molecule has 1 aliphatic heterocycles. The van der Waals surface area contributed by atoms with Crippen LogP contribution < -0.4 is 5.32 Å². The lowest BCUT2D eigenvalue weighted by Crippen LogP contribution is -2.32. The van der Waals surface area contributed by atoms with Gasteiger partial charge in [-0.15, -0.1) is 0 Å². The highest BCUT2D eigenvalue weighted by molar-refractivity contribution is 6.27. The molecule has 8 heteroatoms. The molecular weight excluding hydrogens is 288 g/mol. The molecule has 1 aromatic carbocycles. The van der Waals surface area contributed by atoms with Crippen LogP contribution in [0.15, 0.2) is 18.2 Å². The van der Waals surface area contributed by atoms with Crippen molar-refractivity contribution in [3.8, 4) is 0 Å². The van der Waals surface area contributed by atoms with Gasteiger partial charge in [0.15, 0.2) is 11.6 Å². The molecule has 1 aliphatic rings. The van der Waals surface area contributed by atoms with Crippen LogP contribution in [0.4, 0.5) is 8.78 Å². The average Bonchev–Trinajstić information content (AvgIpc) is 2.92. The lowest BCUT2D eigenvalue weighted by atomic mass is 9.92. The van der Waals surface area contributed by atoms with Crippen LogP contribution in [0.2, 0.25) is 0 Å².